The number of nitrogens with two attached hydrogens (primary N) is 1. The van der Waals surface area contributed by atoms with Gasteiger partial charge in [-0.05, 0) is 38.3 Å². The number of hydrogen-bond donors (Lipinski definition) is 2. The molecule has 0 saturated carbocycles. The maximum absolute atomic E-state index is 11.9. The number of amides is 1. The summed E-state index contributed by atoms with van der Waals surface area (Å²) < 4.78 is 0. The lowest BCUT2D eigenvalue weighted by Crippen LogP contribution is -2.52. The van der Waals surface area contributed by atoms with E-state index in [1.54, 1.807) is 0 Å². The lowest BCUT2D eigenvalue weighted by molar-refractivity contribution is -0.124. The van der Waals surface area contributed by atoms with Gasteiger partial charge in [0.05, 0.1) is 6.04 Å². The van der Waals surface area contributed by atoms with Crippen LogP contribution in [0.15, 0.2) is 0 Å². The highest BCUT2D eigenvalue weighted by Crippen LogP contribution is 2.17. The predicted molar refractivity (Wildman–Crippen MR) is 75.3 cm³/mol. The monoisotopic (exact) mass is 255 g/mol. The fraction of sp³-hybridized carbons (Fsp3) is 0.929. The van der Waals surface area contributed by atoms with Crippen molar-refractivity contribution in [2.45, 2.75) is 59.0 Å². The average molecular weight is 255 g/mol. The summed E-state index contributed by atoms with van der Waals surface area (Å²) in [5.74, 6) is -0.0358. The summed E-state index contributed by atoms with van der Waals surface area (Å²) in [7, 11) is 0. The van der Waals surface area contributed by atoms with E-state index in [9.17, 15) is 4.79 Å². The molecule has 1 fully saturated rings. The number of likely N-dealkylation sites (tertiary alicyclic amines) is 1. The van der Waals surface area contributed by atoms with Gasteiger partial charge >= 0.3 is 0 Å². The van der Waals surface area contributed by atoms with Gasteiger partial charge in [-0.1, -0.05) is 27.2 Å². The highest BCUT2D eigenvalue weighted by molar-refractivity contribution is 5.82. The highest BCUT2D eigenvalue weighted by Gasteiger charge is 2.27. The molecule has 0 radical (unpaired) electrons. The van der Waals surface area contributed by atoms with Gasteiger partial charge in [-0.15, -0.1) is 0 Å². The van der Waals surface area contributed by atoms with E-state index in [1.807, 2.05) is 20.8 Å². The van der Waals surface area contributed by atoms with Gasteiger partial charge in [0.2, 0.25) is 5.91 Å². The van der Waals surface area contributed by atoms with E-state index in [0.29, 0.717) is 12.6 Å². The van der Waals surface area contributed by atoms with Crippen LogP contribution in [0.1, 0.15) is 47.0 Å². The molecule has 0 aliphatic carbocycles. The highest BCUT2D eigenvalue weighted by atomic mass is 16.2. The van der Waals surface area contributed by atoms with Crippen LogP contribution in [-0.2, 0) is 4.79 Å². The minimum Gasteiger partial charge on any atom is -0.353 e. The topological polar surface area (TPSA) is 58.4 Å². The maximum atomic E-state index is 11.9. The molecule has 0 spiro atoms. The summed E-state index contributed by atoms with van der Waals surface area (Å²) >= 11 is 0. The third-order valence-electron chi connectivity index (χ3n) is 3.80. The van der Waals surface area contributed by atoms with Crippen molar-refractivity contribution in [1.82, 2.24) is 10.2 Å². The van der Waals surface area contributed by atoms with Crippen LogP contribution in [0, 0.1) is 5.41 Å². The van der Waals surface area contributed by atoms with Crippen molar-refractivity contribution < 1.29 is 4.79 Å². The SMILES string of the molecule is CC(CNC(=O)[C@H](N)C(C)(C)C)N1CCCCC1. The van der Waals surface area contributed by atoms with Crippen LogP contribution in [-0.4, -0.2) is 42.5 Å². The summed E-state index contributed by atoms with van der Waals surface area (Å²) in [4.78, 5) is 14.4. The zero-order valence-electron chi connectivity index (χ0n) is 12.3. The van der Waals surface area contributed by atoms with E-state index in [0.717, 1.165) is 13.1 Å². The van der Waals surface area contributed by atoms with Gasteiger partial charge in [-0.3, -0.25) is 9.69 Å². The largest absolute Gasteiger partial charge is 0.353 e. The van der Waals surface area contributed by atoms with Gasteiger partial charge in [0.25, 0.3) is 0 Å². The second-order valence-corrected chi connectivity index (χ2v) is 6.53. The van der Waals surface area contributed by atoms with E-state index < -0.39 is 6.04 Å². The van der Waals surface area contributed by atoms with E-state index in [-0.39, 0.29) is 11.3 Å². The number of hydrogen-bond acceptors (Lipinski definition) is 3. The van der Waals surface area contributed by atoms with Crippen molar-refractivity contribution in [2.24, 2.45) is 11.1 Å². The third kappa shape index (κ3) is 4.58. The number of carbonyl (C=O) groups is 1. The Morgan fingerprint density at radius 3 is 2.33 bits per heavy atom. The van der Waals surface area contributed by atoms with E-state index in [1.165, 1.54) is 19.3 Å². The molecule has 4 heteroatoms. The lowest BCUT2D eigenvalue weighted by atomic mass is 9.87. The summed E-state index contributed by atoms with van der Waals surface area (Å²) in [6, 6.07) is -0.0347. The summed E-state index contributed by atoms with van der Waals surface area (Å²) in [6.07, 6.45) is 3.89. The summed E-state index contributed by atoms with van der Waals surface area (Å²) in [6.45, 7) is 11.2. The Hall–Kier alpha value is -0.610. The van der Waals surface area contributed by atoms with Crippen molar-refractivity contribution in [3.8, 4) is 0 Å². The normalized spacial score (nSPS) is 21.4. The maximum Gasteiger partial charge on any atom is 0.237 e. The Bertz CT molecular complexity index is 267. The molecule has 0 bridgehead atoms. The van der Waals surface area contributed by atoms with Crippen molar-refractivity contribution in [3.63, 3.8) is 0 Å². The molecule has 4 nitrogen and oxygen atoms in total. The molecule has 0 aromatic carbocycles. The Morgan fingerprint density at radius 2 is 1.83 bits per heavy atom. The molecule has 3 N–H and O–H groups in total. The molecule has 2 atom stereocenters. The summed E-state index contributed by atoms with van der Waals surface area (Å²) in [5.41, 5.74) is 5.75. The van der Waals surface area contributed by atoms with Gasteiger partial charge < -0.3 is 11.1 Å². The molecule has 1 aliphatic rings. The Kier molecular flexibility index (Phi) is 5.60. The minimum atomic E-state index is -0.439. The second-order valence-electron chi connectivity index (χ2n) is 6.53. The molecule has 0 aromatic rings. The van der Waals surface area contributed by atoms with Crippen LogP contribution < -0.4 is 11.1 Å². The van der Waals surface area contributed by atoms with Gasteiger partial charge in [0.1, 0.15) is 0 Å². The smallest absolute Gasteiger partial charge is 0.237 e. The third-order valence-corrected chi connectivity index (χ3v) is 3.80. The van der Waals surface area contributed by atoms with Crippen molar-refractivity contribution >= 4 is 5.91 Å². The second kappa shape index (κ2) is 6.53. The van der Waals surface area contributed by atoms with E-state index in [4.69, 9.17) is 5.73 Å². The molecular formula is C14H29N3O. The molecular weight excluding hydrogens is 226 g/mol. The average Bonchev–Trinajstić information content (AvgIpc) is 2.34. The van der Waals surface area contributed by atoms with Crippen molar-refractivity contribution in [3.05, 3.63) is 0 Å². The first-order valence-corrected chi connectivity index (χ1v) is 7.09. The first-order valence-electron chi connectivity index (χ1n) is 7.09. The number of piperidine rings is 1. The molecule has 1 saturated heterocycles. The molecule has 1 rings (SSSR count). The minimum absolute atomic E-state index is 0.0358. The predicted octanol–water partition coefficient (Wildman–Crippen LogP) is 1.35. The quantitative estimate of drug-likeness (QED) is 0.797. The van der Waals surface area contributed by atoms with Crippen LogP contribution in [0.4, 0.5) is 0 Å². The fourth-order valence-electron chi connectivity index (χ4n) is 2.24. The molecule has 0 aromatic heterocycles. The number of nitrogens with zero attached hydrogens (tertiary/aromatic N) is 1. The van der Waals surface area contributed by atoms with Crippen molar-refractivity contribution in [2.75, 3.05) is 19.6 Å². The first-order chi connectivity index (χ1) is 8.32. The van der Waals surface area contributed by atoms with Crippen LogP contribution in [0.25, 0.3) is 0 Å². The van der Waals surface area contributed by atoms with Gasteiger partial charge in [0, 0.05) is 12.6 Å². The van der Waals surface area contributed by atoms with Gasteiger partial charge in [-0.2, -0.15) is 0 Å². The van der Waals surface area contributed by atoms with Crippen molar-refractivity contribution in [1.29, 1.82) is 0 Å². The summed E-state index contributed by atoms with van der Waals surface area (Å²) in [5, 5.41) is 2.98. The first kappa shape index (κ1) is 15.4. The standard InChI is InChI=1S/C14H29N3O/c1-11(17-8-6-5-7-9-17)10-16-13(18)12(15)14(2,3)4/h11-12H,5-10,15H2,1-4H3,(H,16,18)/t11?,12-/m0/s1. The molecule has 1 heterocycles. The fourth-order valence-corrected chi connectivity index (χ4v) is 2.24. The number of nitrogens with one attached hydrogen (secondary N) is 1. The number of rotatable bonds is 4. The van der Waals surface area contributed by atoms with E-state index >= 15 is 0 Å². The molecule has 1 aliphatic heterocycles. The number of carbonyl (C=O) groups excluding carboxylic acids is 1. The van der Waals surface area contributed by atoms with Gasteiger partial charge in [0.15, 0.2) is 0 Å². The molecule has 18 heavy (non-hydrogen) atoms. The van der Waals surface area contributed by atoms with Crippen LogP contribution in [0.5, 0.6) is 0 Å². The lowest BCUT2D eigenvalue weighted by Gasteiger charge is -2.33. The Morgan fingerprint density at radius 1 is 1.28 bits per heavy atom. The van der Waals surface area contributed by atoms with E-state index in [2.05, 4.69) is 17.1 Å². The molecule has 1 amide bonds. The van der Waals surface area contributed by atoms with Crippen LogP contribution in [0.3, 0.4) is 0 Å². The molecule has 106 valence electrons. The Balaban J connectivity index is 2.33. The zero-order valence-corrected chi connectivity index (χ0v) is 12.3. The Labute approximate surface area is 111 Å². The zero-order chi connectivity index (χ0) is 13.8. The van der Waals surface area contributed by atoms with Gasteiger partial charge in [-0.25, -0.2) is 0 Å². The van der Waals surface area contributed by atoms with Crippen LogP contribution >= 0.6 is 0 Å². The van der Waals surface area contributed by atoms with Crippen LogP contribution in [0.2, 0.25) is 0 Å². The molecule has 1 unspecified atom stereocenters.